The lowest BCUT2D eigenvalue weighted by Crippen LogP contribution is -2.34. The van der Waals surface area contributed by atoms with Crippen LogP contribution in [0.1, 0.15) is 57.1 Å². The van der Waals surface area contributed by atoms with Gasteiger partial charge in [0.1, 0.15) is 0 Å². The zero-order valence-electron chi connectivity index (χ0n) is 12.9. The summed E-state index contributed by atoms with van der Waals surface area (Å²) in [5.41, 5.74) is 1.09. The van der Waals surface area contributed by atoms with Gasteiger partial charge >= 0.3 is 0 Å². The number of hydrogen-bond donors (Lipinski definition) is 2. The zero-order chi connectivity index (χ0) is 15.3. The van der Waals surface area contributed by atoms with E-state index in [2.05, 4.69) is 10.0 Å². The van der Waals surface area contributed by atoms with E-state index < -0.39 is 10.0 Å². The first kappa shape index (κ1) is 16.5. The summed E-state index contributed by atoms with van der Waals surface area (Å²) < 4.78 is 27.7. The fraction of sp³-hybridized carbons (Fsp3) is 0.625. The van der Waals surface area contributed by atoms with Gasteiger partial charge in [-0.25, -0.2) is 13.1 Å². The Morgan fingerprint density at radius 3 is 2.14 bits per heavy atom. The van der Waals surface area contributed by atoms with Gasteiger partial charge < -0.3 is 5.32 Å². The number of sulfonamides is 1. The Hall–Kier alpha value is -0.910. The smallest absolute Gasteiger partial charge is 0.240 e. The Bertz CT molecular complexity index is 532. The molecule has 0 radical (unpaired) electrons. The van der Waals surface area contributed by atoms with Crippen LogP contribution in [0.3, 0.4) is 0 Å². The molecular weight excluding hydrogens is 284 g/mol. The van der Waals surface area contributed by atoms with Gasteiger partial charge in [0.25, 0.3) is 0 Å². The molecule has 1 aromatic carbocycles. The van der Waals surface area contributed by atoms with E-state index >= 15 is 0 Å². The van der Waals surface area contributed by atoms with Crippen molar-refractivity contribution in [1.82, 2.24) is 10.0 Å². The summed E-state index contributed by atoms with van der Waals surface area (Å²) in [6.45, 7) is 2.05. The third-order valence-corrected chi connectivity index (χ3v) is 5.84. The highest BCUT2D eigenvalue weighted by Gasteiger charge is 2.21. The lowest BCUT2D eigenvalue weighted by molar-refractivity contribution is 0.510. The van der Waals surface area contributed by atoms with E-state index in [9.17, 15) is 8.42 Å². The minimum atomic E-state index is -3.40. The molecule has 1 fully saturated rings. The molecule has 0 amide bonds. The Kier molecular flexibility index (Phi) is 5.79. The molecule has 0 aromatic heterocycles. The van der Waals surface area contributed by atoms with Crippen LogP contribution < -0.4 is 10.0 Å². The molecule has 0 spiro atoms. The molecule has 1 atom stereocenters. The minimum absolute atomic E-state index is 0.0911. The molecule has 2 N–H and O–H groups in total. The third-order valence-electron chi connectivity index (χ3n) is 4.30. The quantitative estimate of drug-likeness (QED) is 0.822. The van der Waals surface area contributed by atoms with Crippen molar-refractivity contribution in [2.24, 2.45) is 0 Å². The highest BCUT2D eigenvalue weighted by molar-refractivity contribution is 7.89. The second kappa shape index (κ2) is 7.38. The van der Waals surface area contributed by atoms with E-state index in [1.807, 2.05) is 26.1 Å². The predicted octanol–water partition coefficient (Wildman–Crippen LogP) is 2.97. The van der Waals surface area contributed by atoms with Crippen LogP contribution in [-0.4, -0.2) is 21.5 Å². The van der Waals surface area contributed by atoms with Crippen LogP contribution in [0.5, 0.6) is 0 Å². The van der Waals surface area contributed by atoms with Gasteiger partial charge in [-0.3, -0.25) is 0 Å². The van der Waals surface area contributed by atoms with E-state index in [0.29, 0.717) is 4.90 Å². The largest absolute Gasteiger partial charge is 0.313 e. The van der Waals surface area contributed by atoms with Crippen molar-refractivity contribution in [2.45, 2.75) is 62.4 Å². The van der Waals surface area contributed by atoms with E-state index in [0.717, 1.165) is 31.2 Å². The van der Waals surface area contributed by atoms with Crippen LogP contribution in [0.25, 0.3) is 0 Å². The maximum Gasteiger partial charge on any atom is 0.240 e. The van der Waals surface area contributed by atoms with Crippen LogP contribution in [0.2, 0.25) is 0 Å². The molecule has 1 aliphatic carbocycles. The van der Waals surface area contributed by atoms with Crippen molar-refractivity contribution < 1.29 is 8.42 Å². The maximum atomic E-state index is 12.4. The van der Waals surface area contributed by atoms with Crippen LogP contribution in [0, 0.1) is 0 Å². The average Bonchev–Trinajstić information content (AvgIpc) is 2.74. The van der Waals surface area contributed by atoms with Gasteiger partial charge in [-0.15, -0.1) is 0 Å². The predicted molar refractivity (Wildman–Crippen MR) is 85.7 cm³/mol. The molecule has 118 valence electrons. The standard InChI is InChI=1S/C16H26N2O2S/c1-13(17-2)14-9-11-16(12-10-14)21(19,20)18-15-7-5-3-4-6-8-15/h9-13,15,17-18H,3-8H2,1-2H3. The van der Waals surface area contributed by atoms with Gasteiger partial charge in [-0.2, -0.15) is 0 Å². The zero-order valence-corrected chi connectivity index (χ0v) is 13.7. The highest BCUT2D eigenvalue weighted by atomic mass is 32.2. The molecule has 5 heteroatoms. The Morgan fingerprint density at radius 1 is 1.05 bits per heavy atom. The summed E-state index contributed by atoms with van der Waals surface area (Å²) in [5.74, 6) is 0. The second-order valence-electron chi connectivity index (χ2n) is 5.89. The normalized spacial score (nSPS) is 19.1. The van der Waals surface area contributed by atoms with Crippen LogP contribution in [0.15, 0.2) is 29.2 Å². The van der Waals surface area contributed by atoms with Crippen LogP contribution in [0.4, 0.5) is 0 Å². The van der Waals surface area contributed by atoms with Crippen molar-refractivity contribution in [3.05, 3.63) is 29.8 Å². The summed E-state index contributed by atoms with van der Waals surface area (Å²) >= 11 is 0. The van der Waals surface area contributed by atoms with Gasteiger partial charge in [0, 0.05) is 12.1 Å². The molecule has 0 saturated heterocycles. The minimum Gasteiger partial charge on any atom is -0.313 e. The molecule has 21 heavy (non-hydrogen) atoms. The molecular formula is C16H26N2O2S. The SMILES string of the molecule is CNC(C)c1ccc(S(=O)(=O)NC2CCCCCC2)cc1. The molecule has 4 nitrogen and oxygen atoms in total. The lowest BCUT2D eigenvalue weighted by atomic mass is 10.1. The van der Waals surface area contributed by atoms with Crippen molar-refractivity contribution in [2.75, 3.05) is 7.05 Å². The van der Waals surface area contributed by atoms with E-state index in [1.165, 1.54) is 12.8 Å². The Morgan fingerprint density at radius 2 is 1.62 bits per heavy atom. The van der Waals surface area contributed by atoms with Gasteiger partial charge in [-0.1, -0.05) is 37.8 Å². The first-order valence-corrected chi connectivity index (χ1v) is 9.31. The second-order valence-corrected chi connectivity index (χ2v) is 7.60. The fourth-order valence-electron chi connectivity index (χ4n) is 2.79. The molecule has 0 heterocycles. The fourth-order valence-corrected chi connectivity index (χ4v) is 4.09. The summed E-state index contributed by atoms with van der Waals surface area (Å²) in [4.78, 5) is 0.360. The van der Waals surface area contributed by atoms with Crippen molar-refractivity contribution in [3.63, 3.8) is 0 Å². The molecule has 0 bridgehead atoms. The van der Waals surface area contributed by atoms with Gasteiger partial charge in [-0.05, 0) is 44.5 Å². The van der Waals surface area contributed by atoms with E-state index in [1.54, 1.807) is 12.1 Å². The average molecular weight is 310 g/mol. The first-order chi connectivity index (χ1) is 10.0. The third kappa shape index (κ3) is 4.53. The Labute approximate surface area is 128 Å². The van der Waals surface area contributed by atoms with Crippen molar-refractivity contribution in [3.8, 4) is 0 Å². The molecule has 1 unspecified atom stereocenters. The van der Waals surface area contributed by atoms with E-state index in [4.69, 9.17) is 0 Å². The lowest BCUT2D eigenvalue weighted by Gasteiger charge is -2.17. The first-order valence-electron chi connectivity index (χ1n) is 7.82. The van der Waals surface area contributed by atoms with Gasteiger partial charge in [0.2, 0.25) is 10.0 Å². The van der Waals surface area contributed by atoms with E-state index in [-0.39, 0.29) is 12.1 Å². The number of benzene rings is 1. The van der Waals surface area contributed by atoms with Crippen LogP contribution >= 0.6 is 0 Å². The topological polar surface area (TPSA) is 58.2 Å². The molecule has 1 aliphatic rings. The number of rotatable bonds is 5. The Balaban J connectivity index is 2.08. The summed E-state index contributed by atoms with van der Waals surface area (Å²) in [6, 6.07) is 7.46. The van der Waals surface area contributed by atoms with Crippen LogP contribution in [-0.2, 0) is 10.0 Å². The van der Waals surface area contributed by atoms with Crippen molar-refractivity contribution >= 4 is 10.0 Å². The van der Waals surface area contributed by atoms with Gasteiger partial charge in [0.05, 0.1) is 4.90 Å². The molecule has 0 aliphatic heterocycles. The molecule has 1 saturated carbocycles. The monoisotopic (exact) mass is 310 g/mol. The number of hydrogen-bond acceptors (Lipinski definition) is 3. The van der Waals surface area contributed by atoms with Crippen molar-refractivity contribution in [1.29, 1.82) is 0 Å². The molecule has 1 aromatic rings. The summed E-state index contributed by atoms with van der Waals surface area (Å²) in [6.07, 6.45) is 6.57. The summed E-state index contributed by atoms with van der Waals surface area (Å²) in [7, 11) is -1.50. The maximum absolute atomic E-state index is 12.4. The summed E-state index contributed by atoms with van der Waals surface area (Å²) in [5, 5.41) is 3.15. The highest BCUT2D eigenvalue weighted by Crippen LogP contribution is 2.20. The van der Waals surface area contributed by atoms with Gasteiger partial charge in [0.15, 0.2) is 0 Å². The molecule has 2 rings (SSSR count). The number of nitrogens with one attached hydrogen (secondary N) is 2.